The van der Waals surface area contributed by atoms with Crippen molar-refractivity contribution in [1.29, 1.82) is 0 Å². The summed E-state index contributed by atoms with van der Waals surface area (Å²) in [5.41, 5.74) is 6.39. The Morgan fingerprint density at radius 2 is 1.94 bits per heavy atom. The molecule has 0 saturated carbocycles. The first-order valence-electron chi connectivity index (χ1n) is 6.14. The lowest BCUT2D eigenvalue weighted by Crippen LogP contribution is -2.30. The molecule has 0 aromatic carbocycles. The number of nitrogen functional groups attached to an aromatic ring is 1. The van der Waals surface area contributed by atoms with Gasteiger partial charge in [-0.1, -0.05) is 38.3 Å². The van der Waals surface area contributed by atoms with E-state index in [0.29, 0.717) is 16.8 Å². The van der Waals surface area contributed by atoms with Gasteiger partial charge in [-0.15, -0.1) is 0 Å². The Balaban J connectivity index is 2.89. The summed E-state index contributed by atoms with van der Waals surface area (Å²) in [4.78, 5) is 10.3. The van der Waals surface area contributed by atoms with E-state index in [4.69, 9.17) is 17.3 Å². The van der Waals surface area contributed by atoms with Crippen LogP contribution in [0.1, 0.15) is 33.6 Å². The molecule has 0 aliphatic rings. The molecule has 0 atom stereocenters. The van der Waals surface area contributed by atoms with Crippen LogP contribution in [0.25, 0.3) is 0 Å². The van der Waals surface area contributed by atoms with Crippen molar-refractivity contribution < 1.29 is 0 Å². The number of nitrogens with zero attached hydrogens (tertiary/aromatic N) is 3. The summed E-state index contributed by atoms with van der Waals surface area (Å²) in [6.07, 6.45) is 3.78. The largest absolute Gasteiger partial charge is 0.393 e. The summed E-state index contributed by atoms with van der Waals surface area (Å²) in [7, 11) is 0. The molecule has 5 heteroatoms. The molecule has 2 N–H and O–H groups in total. The lowest BCUT2D eigenvalue weighted by Gasteiger charge is -2.27. The quantitative estimate of drug-likeness (QED) is 0.795. The fraction of sp³-hybridized carbons (Fsp3) is 0.667. The van der Waals surface area contributed by atoms with Crippen molar-refractivity contribution in [3.05, 3.63) is 11.5 Å². The van der Waals surface area contributed by atoms with Gasteiger partial charge in [0.25, 0.3) is 0 Å². The third kappa shape index (κ3) is 3.46. The molecule has 0 aliphatic carbocycles. The van der Waals surface area contributed by atoms with E-state index < -0.39 is 0 Å². The standard InChI is InChI=1S/C12H21ClN4/c1-4-9(5-2)7-17(6-3)12-10(14)11(13)15-8-16-12/h8-9H,4-7,14H2,1-3H3. The maximum absolute atomic E-state index is 5.92. The molecule has 0 unspecified atom stereocenters. The number of nitrogens with two attached hydrogens (primary N) is 1. The van der Waals surface area contributed by atoms with Crippen LogP contribution in [0.2, 0.25) is 5.15 Å². The molecule has 0 spiro atoms. The molecule has 0 amide bonds. The molecule has 0 fully saturated rings. The molecule has 0 bridgehead atoms. The maximum atomic E-state index is 5.92. The summed E-state index contributed by atoms with van der Waals surface area (Å²) in [6.45, 7) is 8.34. The fourth-order valence-corrected chi connectivity index (χ4v) is 1.97. The van der Waals surface area contributed by atoms with Gasteiger partial charge >= 0.3 is 0 Å². The Bertz CT molecular complexity index is 352. The SMILES string of the molecule is CCC(CC)CN(CC)c1ncnc(Cl)c1N. The highest BCUT2D eigenvalue weighted by Crippen LogP contribution is 2.26. The highest BCUT2D eigenvalue weighted by atomic mass is 35.5. The van der Waals surface area contributed by atoms with Crippen molar-refractivity contribution >= 4 is 23.1 Å². The second kappa shape index (κ2) is 6.64. The first-order valence-corrected chi connectivity index (χ1v) is 6.52. The minimum absolute atomic E-state index is 0.331. The number of anilines is 2. The van der Waals surface area contributed by atoms with Gasteiger partial charge in [0, 0.05) is 13.1 Å². The maximum Gasteiger partial charge on any atom is 0.157 e. The van der Waals surface area contributed by atoms with Gasteiger partial charge in [-0.25, -0.2) is 9.97 Å². The second-order valence-corrected chi connectivity index (χ2v) is 4.48. The van der Waals surface area contributed by atoms with Crippen LogP contribution in [0.3, 0.4) is 0 Å². The number of rotatable bonds is 6. The van der Waals surface area contributed by atoms with Gasteiger partial charge < -0.3 is 10.6 Å². The van der Waals surface area contributed by atoms with Crippen molar-refractivity contribution in [3.8, 4) is 0 Å². The van der Waals surface area contributed by atoms with Gasteiger partial charge in [-0.05, 0) is 12.8 Å². The second-order valence-electron chi connectivity index (χ2n) is 4.12. The number of halogens is 1. The van der Waals surface area contributed by atoms with Crippen molar-refractivity contribution in [1.82, 2.24) is 9.97 Å². The number of hydrogen-bond donors (Lipinski definition) is 1. The highest BCUT2D eigenvalue weighted by Gasteiger charge is 2.15. The van der Waals surface area contributed by atoms with E-state index in [2.05, 4.69) is 35.6 Å². The molecule has 0 saturated heterocycles. The summed E-state index contributed by atoms with van der Waals surface area (Å²) in [5, 5.41) is 0.331. The molecule has 1 aromatic rings. The average Bonchev–Trinajstić information content (AvgIpc) is 2.35. The molecule has 1 rings (SSSR count). The van der Waals surface area contributed by atoms with Crippen LogP contribution in [-0.4, -0.2) is 23.1 Å². The minimum atomic E-state index is 0.331. The van der Waals surface area contributed by atoms with Crippen molar-refractivity contribution in [2.75, 3.05) is 23.7 Å². The van der Waals surface area contributed by atoms with Gasteiger partial charge in [0.05, 0.1) is 0 Å². The third-order valence-corrected chi connectivity index (χ3v) is 3.43. The van der Waals surface area contributed by atoms with E-state index >= 15 is 0 Å². The first kappa shape index (κ1) is 14.0. The summed E-state index contributed by atoms with van der Waals surface area (Å²) < 4.78 is 0. The van der Waals surface area contributed by atoms with Crippen LogP contribution in [-0.2, 0) is 0 Å². The van der Waals surface area contributed by atoms with Crippen LogP contribution in [0.4, 0.5) is 11.5 Å². The molecule has 1 heterocycles. The van der Waals surface area contributed by atoms with Crippen molar-refractivity contribution in [3.63, 3.8) is 0 Å². The Morgan fingerprint density at radius 1 is 1.29 bits per heavy atom. The number of aromatic nitrogens is 2. The van der Waals surface area contributed by atoms with Crippen molar-refractivity contribution in [2.45, 2.75) is 33.6 Å². The predicted octanol–water partition coefficient (Wildman–Crippen LogP) is 2.97. The molecule has 17 heavy (non-hydrogen) atoms. The third-order valence-electron chi connectivity index (χ3n) is 3.13. The summed E-state index contributed by atoms with van der Waals surface area (Å²) in [6, 6.07) is 0. The average molecular weight is 257 g/mol. The number of hydrogen-bond acceptors (Lipinski definition) is 4. The Labute approximate surface area is 108 Å². The molecular formula is C12H21ClN4. The van der Waals surface area contributed by atoms with Crippen LogP contribution in [0.15, 0.2) is 6.33 Å². The monoisotopic (exact) mass is 256 g/mol. The molecule has 96 valence electrons. The van der Waals surface area contributed by atoms with E-state index in [1.54, 1.807) is 0 Å². The van der Waals surface area contributed by atoms with Crippen LogP contribution in [0.5, 0.6) is 0 Å². The van der Waals surface area contributed by atoms with E-state index in [1.165, 1.54) is 6.33 Å². The Hall–Kier alpha value is -1.03. The molecule has 4 nitrogen and oxygen atoms in total. The smallest absolute Gasteiger partial charge is 0.157 e. The van der Waals surface area contributed by atoms with E-state index in [-0.39, 0.29) is 0 Å². The van der Waals surface area contributed by atoms with E-state index in [0.717, 1.165) is 31.7 Å². The van der Waals surface area contributed by atoms with Gasteiger partial charge in [0.2, 0.25) is 0 Å². The van der Waals surface area contributed by atoms with Gasteiger partial charge in [-0.2, -0.15) is 0 Å². The normalized spacial score (nSPS) is 10.9. The Kier molecular flexibility index (Phi) is 5.48. The van der Waals surface area contributed by atoms with Gasteiger partial charge in [-0.3, -0.25) is 0 Å². The summed E-state index contributed by atoms with van der Waals surface area (Å²) >= 11 is 5.92. The highest BCUT2D eigenvalue weighted by molar-refractivity contribution is 6.32. The zero-order valence-corrected chi connectivity index (χ0v) is 11.5. The lowest BCUT2D eigenvalue weighted by molar-refractivity contribution is 0.484. The first-order chi connectivity index (χ1) is 8.13. The molecule has 0 aliphatic heterocycles. The van der Waals surface area contributed by atoms with Crippen LogP contribution in [0, 0.1) is 5.92 Å². The Morgan fingerprint density at radius 3 is 2.47 bits per heavy atom. The fourth-order valence-electron chi connectivity index (χ4n) is 1.84. The van der Waals surface area contributed by atoms with Gasteiger partial charge in [0.15, 0.2) is 11.0 Å². The summed E-state index contributed by atoms with van der Waals surface area (Å²) in [5.74, 6) is 1.41. The zero-order valence-electron chi connectivity index (χ0n) is 10.8. The molecule has 1 aromatic heterocycles. The topological polar surface area (TPSA) is 55.0 Å². The van der Waals surface area contributed by atoms with E-state index in [1.807, 2.05) is 0 Å². The predicted molar refractivity (Wildman–Crippen MR) is 73.4 cm³/mol. The lowest BCUT2D eigenvalue weighted by atomic mass is 10.0. The van der Waals surface area contributed by atoms with Crippen LogP contribution >= 0.6 is 11.6 Å². The van der Waals surface area contributed by atoms with Gasteiger partial charge in [0.1, 0.15) is 12.0 Å². The van der Waals surface area contributed by atoms with E-state index in [9.17, 15) is 0 Å². The minimum Gasteiger partial charge on any atom is -0.393 e. The van der Waals surface area contributed by atoms with Crippen LogP contribution < -0.4 is 10.6 Å². The van der Waals surface area contributed by atoms with Crippen molar-refractivity contribution in [2.24, 2.45) is 5.92 Å². The molecular weight excluding hydrogens is 236 g/mol. The zero-order chi connectivity index (χ0) is 12.8. The molecule has 0 radical (unpaired) electrons.